The average Bonchev–Trinajstić information content (AvgIpc) is 2.97. The second-order valence-corrected chi connectivity index (χ2v) is 10.6. The number of likely N-dealkylation sites (N-methyl/N-ethyl adjacent to an activating group) is 1. The van der Waals surface area contributed by atoms with Gasteiger partial charge in [0.1, 0.15) is 17.4 Å². The van der Waals surface area contributed by atoms with E-state index < -0.39 is 54.0 Å². The van der Waals surface area contributed by atoms with Crippen LogP contribution in [0.2, 0.25) is 0 Å². The number of carboxylic acids is 1. The molecule has 0 bridgehead atoms. The van der Waals surface area contributed by atoms with E-state index in [4.69, 9.17) is 4.74 Å². The predicted molar refractivity (Wildman–Crippen MR) is 162 cm³/mol. The first-order chi connectivity index (χ1) is 20.8. The lowest BCUT2D eigenvalue weighted by molar-refractivity contribution is -0.138. The number of rotatable bonds is 13. The number of carbonyl (C=O) groups excluding carboxylic acids is 3. The summed E-state index contributed by atoms with van der Waals surface area (Å²) in [7, 11) is 1.38. The first-order valence-corrected chi connectivity index (χ1v) is 13.9. The molecule has 0 saturated heterocycles. The largest absolute Gasteiger partial charge is 0.483 e. The molecule has 0 aliphatic rings. The highest BCUT2D eigenvalue weighted by Gasteiger charge is 2.22. The summed E-state index contributed by atoms with van der Waals surface area (Å²) in [4.78, 5) is 50.4. The third kappa shape index (κ3) is 9.79. The summed E-state index contributed by atoms with van der Waals surface area (Å²) in [5.74, 6) is -3.91. The fourth-order valence-corrected chi connectivity index (χ4v) is 4.36. The van der Waals surface area contributed by atoms with Crippen molar-refractivity contribution in [3.05, 3.63) is 89.5 Å². The number of halogens is 2. The quantitative estimate of drug-likeness (QED) is 0.210. The standard InChI is InChI=1S/C32H36F2N4O6/c1-19(2)12-27(37-29(39)17-35-32(43)36-24-9-7-8-21(13-24)20(3)31(41)42)26-10-5-6-11-28(26)44-18-30(40)38(4)25-15-22(33)14-23(34)16-25/h5-11,13-16,19-20,27H,12,17-18H2,1-4H3,(H,37,39)(H,41,42)(H2,35,36,43). The van der Waals surface area contributed by atoms with Crippen LogP contribution >= 0.6 is 0 Å². The maximum atomic E-state index is 13.6. The van der Waals surface area contributed by atoms with E-state index in [1.165, 1.54) is 14.0 Å². The summed E-state index contributed by atoms with van der Waals surface area (Å²) in [6.07, 6.45) is 0.517. The molecule has 0 aromatic heterocycles. The van der Waals surface area contributed by atoms with Crippen LogP contribution in [0.4, 0.5) is 25.0 Å². The first kappa shape index (κ1) is 33.5. The SMILES string of the molecule is CC(C)CC(NC(=O)CNC(=O)Nc1cccc(C(C)C(=O)O)c1)c1ccccc1OCC(=O)N(C)c1cc(F)cc(F)c1. The Morgan fingerprint density at radius 3 is 2.27 bits per heavy atom. The Balaban J connectivity index is 1.63. The number of carboxylic acid groups (broad SMARTS) is 1. The molecule has 2 unspecified atom stereocenters. The van der Waals surface area contributed by atoms with Gasteiger partial charge in [-0.3, -0.25) is 14.4 Å². The minimum absolute atomic E-state index is 0.0355. The number of hydrogen-bond donors (Lipinski definition) is 4. The molecule has 0 spiro atoms. The summed E-state index contributed by atoms with van der Waals surface area (Å²) >= 11 is 0. The molecule has 0 saturated carbocycles. The molecule has 4 amide bonds. The zero-order valence-corrected chi connectivity index (χ0v) is 24.9. The Morgan fingerprint density at radius 2 is 1.61 bits per heavy atom. The maximum Gasteiger partial charge on any atom is 0.319 e. The Labute approximate surface area is 254 Å². The van der Waals surface area contributed by atoms with Gasteiger partial charge in [0.25, 0.3) is 5.91 Å². The highest BCUT2D eigenvalue weighted by atomic mass is 19.1. The normalized spacial score (nSPS) is 12.2. The second kappa shape index (κ2) is 15.5. The molecule has 0 aliphatic carbocycles. The lowest BCUT2D eigenvalue weighted by Gasteiger charge is -2.24. The molecule has 0 heterocycles. The minimum Gasteiger partial charge on any atom is -0.483 e. The molecule has 0 fully saturated rings. The fraction of sp³-hybridized carbons (Fsp3) is 0.312. The van der Waals surface area contributed by atoms with E-state index in [-0.39, 0.29) is 18.2 Å². The Hall–Kier alpha value is -5.00. The van der Waals surface area contributed by atoms with E-state index in [0.29, 0.717) is 35.1 Å². The Morgan fingerprint density at radius 1 is 0.932 bits per heavy atom. The summed E-state index contributed by atoms with van der Waals surface area (Å²) in [6, 6.07) is 14.9. The van der Waals surface area contributed by atoms with Gasteiger partial charge in [-0.25, -0.2) is 13.6 Å². The highest BCUT2D eigenvalue weighted by Crippen LogP contribution is 2.30. The Kier molecular flexibility index (Phi) is 11.8. The van der Waals surface area contributed by atoms with E-state index in [1.54, 1.807) is 48.5 Å². The van der Waals surface area contributed by atoms with Crippen molar-refractivity contribution in [3.63, 3.8) is 0 Å². The van der Waals surface area contributed by atoms with Crippen LogP contribution < -0.4 is 25.6 Å². The maximum absolute atomic E-state index is 13.6. The number of hydrogen-bond acceptors (Lipinski definition) is 5. The number of carbonyl (C=O) groups is 4. The van der Waals surface area contributed by atoms with Crippen molar-refractivity contribution in [2.75, 3.05) is 30.4 Å². The number of nitrogens with zero attached hydrogens (tertiary/aromatic N) is 1. The molecule has 2 atom stereocenters. The van der Waals surface area contributed by atoms with E-state index in [2.05, 4.69) is 16.0 Å². The molecule has 12 heteroatoms. The van der Waals surface area contributed by atoms with Crippen LogP contribution in [0.5, 0.6) is 5.75 Å². The molecule has 234 valence electrons. The van der Waals surface area contributed by atoms with Crippen molar-refractivity contribution >= 4 is 35.2 Å². The number of amides is 4. The number of aliphatic carboxylic acids is 1. The lowest BCUT2D eigenvalue weighted by atomic mass is 9.96. The average molecular weight is 611 g/mol. The van der Waals surface area contributed by atoms with Gasteiger partial charge in [-0.05, 0) is 55.2 Å². The number of urea groups is 1. The van der Waals surface area contributed by atoms with Crippen LogP contribution in [0.15, 0.2) is 66.7 Å². The van der Waals surface area contributed by atoms with Crippen LogP contribution in [0.25, 0.3) is 0 Å². The predicted octanol–water partition coefficient (Wildman–Crippen LogP) is 5.22. The van der Waals surface area contributed by atoms with E-state index in [0.717, 1.165) is 17.0 Å². The molecular weight excluding hydrogens is 574 g/mol. The third-order valence-electron chi connectivity index (χ3n) is 6.72. The van der Waals surface area contributed by atoms with Gasteiger partial charge < -0.3 is 30.7 Å². The third-order valence-corrected chi connectivity index (χ3v) is 6.72. The van der Waals surface area contributed by atoms with Gasteiger partial charge in [-0.1, -0.05) is 44.2 Å². The molecule has 3 rings (SSSR count). The monoisotopic (exact) mass is 610 g/mol. The topological polar surface area (TPSA) is 137 Å². The van der Waals surface area contributed by atoms with Crippen LogP contribution in [0, 0.1) is 17.6 Å². The molecule has 0 aliphatic heterocycles. The molecule has 4 N–H and O–H groups in total. The van der Waals surface area contributed by atoms with Crippen LogP contribution in [-0.4, -0.2) is 49.1 Å². The fourth-order valence-electron chi connectivity index (χ4n) is 4.36. The first-order valence-electron chi connectivity index (χ1n) is 13.9. The van der Waals surface area contributed by atoms with E-state index >= 15 is 0 Å². The van der Waals surface area contributed by atoms with Gasteiger partial charge in [0.15, 0.2) is 6.61 Å². The summed E-state index contributed by atoms with van der Waals surface area (Å²) < 4.78 is 33.1. The van der Waals surface area contributed by atoms with E-state index in [1.807, 2.05) is 13.8 Å². The van der Waals surface area contributed by atoms with Gasteiger partial charge in [-0.2, -0.15) is 0 Å². The molecule has 0 radical (unpaired) electrons. The number of nitrogens with one attached hydrogen (secondary N) is 3. The zero-order valence-electron chi connectivity index (χ0n) is 24.9. The number of ether oxygens (including phenoxy) is 1. The van der Waals surface area contributed by atoms with Crippen molar-refractivity contribution in [2.45, 2.75) is 39.2 Å². The smallest absolute Gasteiger partial charge is 0.319 e. The van der Waals surface area contributed by atoms with Gasteiger partial charge >= 0.3 is 12.0 Å². The van der Waals surface area contributed by atoms with Crippen molar-refractivity contribution in [2.24, 2.45) is 5.92 Å². The second-order valence-electron chi connectivity index (χ2n) is 10.6. The number of para-hydroxylation sites is 1. The Bertz CT molecular complexity index is 1480. The highest BCUT2D eigenvalue weighted by molar-refractivity contribution is 5.94. The minimum atomic E-state index is -0.995. The molecule has 44 heavy (non-hydrogen) atoms. The number of benzene rings is 3. The van der Waals surface area contributed by atoms with Crippen molar-refractivity contribution in [3.8, 4) is 5.75 Å². The van der Waals surface area contributed by atoms with Crippen molar-refractivity contribution < 1.29 is 37.8 Å². The van der Waals surface area contributed by atoms with Gasteiger partial charge in [-0.15, -0.1) is 0 Å². The molecular formula is C32H36F2N4O6. The molecule has 10 nitrogen and oxygen atoms in total. The summed E-state index contributed by atoms with van der Waals surface area (Å²) in [5, 5.41) is 17.2. The summed E-state index contributed by atoms with van der Waals surface area (Å²) in [6.45, 7) is 4.72. The van der Waals surface area contributed by atoms with Crippen molar-refractivity contribution in [1.82, 2.24) is 10.6 Å². The number of anilines is 2. The van der Waals surface area contributed by atoms with Crippen LogP contribution in [-0.2, 0) is 14.4 Å². The van der Waals surface area contributed by atoms with Gasteiger partial charge in [0.05, 0.1) is 18.5 Å². The zero-order chi connectivity index (χ0) is 32.4. The van der Waals surface area contributed by atoms with Crippen molar-refractivity contribution in [1.29, 1.82) is 0 Å². The molecule has 3 aromatic carbocycles. The molecule has 3 aromatic rings. The van der Waals surface area contributed by atoms with Gasteiger partial charge in [0.2, 0.25) is 5.91 Å². The van der Waals surface area contributed by atoms with Gasteiger partial charge in [0, 0.05) is 30.1 Å². The van der Waals surface area contributed by atoms with Crippen LogP contribution in [0.3, 0.4) is 0 Å². The van der Waals surface area contributed by atoms with E-state index in [9.17, 15) is 33.1 Å². The lowest BCUT2D eigenvalue weighted by Crippen LogP contribution is -2.40. The van der Waals surface area contributed by atoms with Crippen LogP contribution in [0.1, 0.15) is 50.3 Å². The summed E-state index contributed by atoms with van der Waals surface area (Å²) in [5.41, 5.74) is 1.53.